The molecule has 1 aromatic heterocycles. The molecule has 1 saturated carbocycles. The zero-order chi connectivity index (χ0) is 17.8. The molecule has 25 heavy (non-hydrogen) atoms. The first-order valence-electron chi connectivity index (χ1n) is 8.60. The molecule has 1 amide bonds. The van der Waals surface area contributed by atoms with Crippen molar-refractivity contribution in [3.8, 4) is 5.75 Å². The van der Waals surface area contributed by atoms with Crippen molar-refractivity contribution in [1.29, 1.82) is 0 Å². The second-order valence-corrected chi connectivity index (χ2v) is 6.49. The topological polar surface area (TPSA) is 73.2 Å². The predicted octanol–water partition coefficient (Wildman–Crippen LogP) is 2.01. The van der Waals surface area contributed by atoms with E-state index in [-0.39, 0.29) is 11.5 Å². The van der Waals surface area contributed by atoms with Crippen LogP contribution in [0.4, 0.5) is 0 Å². The molecule has 6 nitrogen and oxygen atoms in total. The lowest BCUT2D eigenvalue weighted by molar-refractivity contribution is -0.127. The van der Waals surface area contributed by atoms with E-state index in [1.54, 1.807) is 19.3 Å². The lowest BCUT2D eigenvalue weighted by Crippen LogP contribution is -2.38. The predicted molar refractivity (Wildman–Crippen MR) is 94.8 cm³/mol. The molecule has 2 aromatic rings. The minimum atomic E-state index is -0.603. The Balaban J connectivity index is 1.48. The summed E-state index contributed by atoms with van der Waals surface area (Å²) in [5, 5.41) is 2.79. The van der Waals surface area contributed by atoms with Crippen LogP contribution in [0.25, 0.3) is 0 Å². The Morgan fingerprint density at radius 2 is 2.20 bits per heavy atom. The number of nitrogens with zero attached hydrogens (tertiary/aromatic N) is 2. The normalized spacial score (nSPS) is 14.8. The highest BCUT2D eigenvalue weighted by atomic mass is 16.5. The molecule has 0 saturated heterocycles. The molecule has 3 rings (SSSR count). The molecule has 0 spiro atoms. The van der Waals surface area contributed by atoms with Crippen molar-refractivity contribution in [2.75, 3.05) is 6.54 Å². The Morgan fingerprint density at radius 1 is 1.40 bits per heavy atom. The van der Waals surface area contributed by atoms with Gasteiger partial charge in [0, 0.05) is 25.1 Å². The molecular formula is C19H23N3O3. The van der Waals surface area contributed by atoms with E-state index in [9.17, 15) is 9.59 Å². The molecule has 6 heteroatoms. The fraction of sp³-hybridized carbons (Fsp3) is 0.421. The zero-order valence-electron chi connectivity index (χ0n) is 14.6. The van der Waals surface area contributed by atoms with Gasteiger partial charge >= 0.3 is 0 Å². The fourth-order valence-electron chi connectivity index (χ4n) is 2.60. The third kappa shape index (κ3) is 4.68. The van der Waals surface area contributed by atoms with E-state index in [0.717, 1.165) is 24.1 Å². The fourth-order valence-corrected chi connectivity index (χ4v) is 2.60. The molecule has 1 aromatic carbocycles. The van der Waals surface area contributed by atoms with Crippen molar-refractivity contribution in [2.24, 2.45) is 0 Å². The third-order valence-corrected chi connectivity index (χ3v) is 4.22. The van der Waals surface area contributed by atoms with Gasteiger partial charge in [0.15, 0.2) is 6.10 Å². The molecule has 0 bridgehead atoms. The van der Waals surface area contributed by atoms with Crippen LogP contribution in [-0.4, -0.2) is 28.1 Å². The van der Waals surface area contributed by atoms with Gasteiger partial charge in [0.1, 0.15) is 5.75 Å². The number of benzene rings is 1. The van der Waals surface area contributed by atoms with Crippen molar-refractivity contribution in [3.05, 3.63) is 58.3 Å². The summed E-state index contributed by atoms with van der Waals surface area (Å²) in [7, 11) is 0. The number of carbonyl (C=O) groups is 1. The van der Waals surface area contributed by atoms with Crippen molar-refractivity contribution in [2.45, 2.75) is 45.3 Å². The summed E-state index contributed by atoms with van der Waals surface area (Å²) in [5.74, 6) is 0.914. The van der Waals surface area contributed by atoms with Crippen LogP contribution in [0.5, 0.6) is 5.75 Å². The van der Waals surface area contributed by atoms with Gasteiger partial charge in [-0.05, 0) is 44.4 Å². The van der Waals surface area contributed by atoms with E-state index in [1.165, 1.54) is 4.57 Å². The Labute approximate surface area is 146 Å². The summed E-state index contributed by atoms with van der Waals surface area (Å²) in [6.07, 6.45) is 3.19. The number of aryl methyl sites for hydroxylation is 1. The highest BCUT2D eigenvalue weighted by Gasteiger charge is 2.25. The molecule has 1 aliphatic rings. The zero-order valence-corrected chi connectivity index (χ0v) is 14.6. The van der Waals surface area contributed by atoms with Crippen LogP contribution < -0.4 is 15.6 Å². The van der Waals surface area contributed by atoms with Crippen LogP contribution >= 0.6 is 0 Å². The summed E-state index contributed by atoms with van der Waals surface area (Å²) in [6.45, 7) is 4.41. The van der Waals surface area contributed by atoms with E-state index in [2.05, 4.69) is 10.3 Å². The number of ether oxygens (including phenoxy) is 1. The quantitative estimate of drug-likeness (QED) is 0.836. The molecule has 1 fully saturated rings. The minimum Gasteiger partial charge on any atom is -0.481 e. The lowest BCUT2D eigenvalue weighted by Gasteiger charge is -2.15. The number of nitrogens with one attached hydrogen (secondary N) is 1. The van der Waals surface area contributed by atoms with E-state index in [0.29, 0.717) is 24.8 Å². The highest BCUT2D eigenvalue weighted by Crippen LogP contribution is 2.38. The monoisotopic (exact) mass is 341 g/mol. The maximum absolute atomic E-state index is 12.1. The Bertz CT molecular complexity index is 812. The number of rotatable bonds is 7. The van der Waals surface area contributed by atoms with Crippen LogP contribution in [0.3, 0.4) is 0 Å². The van der Waals surface area contributed by atoms with E-state index in [4.69, 9.17) is 4.74 Å². The molecule has 0 aliphatic heterocycles. The Kier molecular flexibility index (Phi) is 5.16. The Morgan fingerprint density at radius 3 is 2.88 bits per heavy atom. The first-order valence-corrected chi connectivity index (χ1v) is 8.60. The maximum Gasteiger partial charge on any atom is 0.260 e. The molecule has 1 N–H and O–H groups in total. The van der Waals surface area contributed by atoms with Crippen LogP contribution in [0.1, 0.15) is 36.9 Å². The number of hydrogen-bond donors (Lipinski definition) is 1. The number of amides is 1. The summed E-state index contributed by atoms with van der Waals surface area (Å²) < 4.78 is 7.15. The SMILES string of the molecule is Cc1cccc(OC(C)C(=O)NCCn2cnc(C3CC3)cc2=O)c1. The molecular weight excluding hydrogens is 318 g/mol. The second-order valence-electron chi connectivity index (χ2n) is 6.49. The molecule has 1 unspecified atom stereocenters. The van der Waals surface area contributed by atoms with Crippen molar-refractivity contribution >= 4 is 5.91 Å². The van der Waals surface area contributed by atoms with Gasteiger partial charge in [-0.2, -0.15) is 0 Å². The summed E-state index contributed by atoms with van der Waals surface area (Å²) in [6, 6.07) is 9.17. The van der Waals surface area contributed by atoms with Gasteiger partial charge in [0.2, 0.25) is 0 Å². The van der Waals surface area contributed by atoms with Crippen molar-refractivity contribution < 1.29 is 9.53 Å². The smallest absolute Gasteiger partial charge is 0.260 e. The summed E-state index contributed by atoms with van der Waals surface area (Å²) in [4.78, 5) is 28.5. The maximum atomic E-state index is 12.1. The molecule has 1 atom stereocenters. The highest BCUT2D eigenvalue weighted by molar-refractivity contribution is 5.80. The van der Waals surface area contributed by atoms with Gasteiger partial charge < -0.3 is 10.1 Å². The minimum absolute atomic E-state index is 0.0739. The van der Waals surface area contributed by atoms with Gasteiger partial charge in [-0.25, -0.2) is 4.98 Å². The number of hydrogen-bond acceptors (Lipinski definition) is 4. The van der Waals surface area contributed by atoms with Crippen LogP contribution in [0.15, 0.2) is 41.5 Å². The second kappa shape index (κ2) is 7.51. The van der Waals surface area contributed by atoms with Gasteiger partial charge in [0.25, 0.3) is 11.5 Å². The number of carbonyl (C=O) groups excluding carboxylic acids is 1. The lowest BCUT2D eigenvalue weighted by atomic mass is 10.2. The van der Waals surface area contributed by atoms with Crippen molar-refractivity contribution in [3.63, 3.8) is 0 Å². The first kappa shape index (κ1) is 17.2. The van der Waals surface area contributed by atoms with Gasteiger partial charge in [0.05, 0.1) is 12.0 Å². The number of aromatic nitrogens is 2. The van der Waals surface area contributed by atoms with Crippen LogP contribution in [0.2, 0.25) is 0 Å². The average molecular weight is 341 g/mol. The first-order chi connectivity index (χ1) is 12.0. The van der Waals surface area contributed by atoms with Gasteiger partial charge in [-0.3, -0.25) is 14.2 Å². The molecule has 1 aliphatic carbocycles. The average Bonchev–Trinajstić information content (AvgIpc) is 3.41. The van der Waals surface area contributed by atoms with Crippen LogP contribution in [0, 0.1) is 6.92 Å². The van der Waals surface area contributed by atoms with Gasteiger partial charge in [-0.15, -0.1) is 0 Å². The largest absolute Gasteiger partial charge is 0.481 e. The van der Waals surface area contributed by atoms with Crippen LogP contribution in [-0.2, 0) is 11.3 Å². The molecule has 1 heterocycles. The van der Waals surface area contributed by atoms with E-state index in [1.807, 2.05) is 31.2 Å². The summed E-state index contributed by atoms with van der Waals surface area (Å²) in [5.41, 5.74) is 1.88. The molecule has 0 radical (unpaired) electrons. The van der Waals surface area contributed by atoms with Crippen molar-refractivity contribution in [1.82, 2.24) is 14.9 Å². The van der Waals surface area contributed by atoms with E-state index >= 15 is 0 Å². The standard InChI is InChI=1S/C19H23N3O3/c1-13-4-3-5-16(10-13)25-14(2)19(24)20-8-9-22-12-21-17(11-18(22)23)15-6-7-15/h3-5,10-12,14-15H,6-9H2,1-2H3,(H,20,24). The molecule has 132 valence electrons. The summed E-state index contributed by atoms with van der Waals surface area (Å²) >= 11 is 0. The van der Waals surface area contributed by atoms with Gasteiger partial charge in [-0.1, -0.05) is 12.1 Å². The third-order valence-electron chi connectivity index (χ3n) is 4.22. The van der Waals surface area contributed by atoms with E-state index < -0.39 is 6.10 Å². The Hall–Kier alpha value is -2.63.